The van der Waals surface area contributed by atoms with Crippen LogP contribution in [-0.2, 0) is 6.42 Å². The summed E-state index contributed by atoms with van der Waals surface area (Å²) in [5.74, 6) is 0.382. The highest BCUT2D eigenvalue weighted by Crippen LogP contribution is 2.31. The fraction of sp³-hybridized carbons (Fsp3) is 0.154. The molecule has 0 saturated heterocycles. The van der Waals surface area contributed by atoms with Crippen LogP contribution in [0, 0.1) is 10.1 Å². The Labute approximate surface area is 110 Å². The number of nitrogen functional groups attached to an aromatic ring is 1. The topological polar surface area (TPSA) is 91.3 Å². The minimum Gasteiger partial charge on any atom is -0.432 e. The molecule has 0 amide bonds. The van der Waals surface area contributed by atoms with Gasteiger partial charge in [-0.3, -0.25) is 10.1 Å². The largest absolute Gasteiger partial charge is 0.432 e. The second-order valence-electron chi connectivity index (χ2n) is 3.94. The van der Waals surface area contributed by atoms with Crippen LogP contribution in [-0.4, -0.2) is 9.91 Å². The number of nitrogens with zero attached hydrogens (tertiary/aromatic N) is 2. The summed E-state index contributed by atoms with van der Waals surface area (Å²) in [6, 6.07) is 7.98. The summed E-state index contributed by atoms with van der Waals surface area (Å²) in [4.78, 5) is 14.5. The molecule has 2 N–H and O–H groups in total. The Morgan fingerprint density at radius 2 is 2.16 bits per heavy atom. The van der Waals surface area contributed by atoms with Crippen molar-refractivity contribution in [1.29, 1.82) is 0 Å². The van der Waals surface area contributed by atoms with Gasteiger partial charge in [-0.2, -0.15) is 0 Å². The number of anilines is 1. The van der Waals surface area contributed by atoms with Crippen molar-refractivity contribution in [3.05, 3.63) is 52.2 Å². The van der Waals surface area contributed by atoms with Gasteiger partial charge in [-0.05, 0) is 24.1 Å². The van der Waals surface area contributed by atoms with Crippen LogP contribution in [0.3, 0.4) is 0 Å². The standard InChI is InChI=1S/C13H13N3O3/c1-2-9-3-4-12(11(7-9)16(17)18)19-13-8-10(14)5-6-15-13/h3-8H,2H2,1H3,(H2,14,15). The molecular weight excluding hydrogens is 246 g/mol. The van der Waals surface area contributed by atoms with Crippen LogP contribution >= 0.6 is 0 Å². The molecule has 0 fully saturated rings. The van der Waals surface area contributed by atoms with Crippen molar-refractivity contribution in [2.75, 3.05) is 5.73 Å². The second-order valence-corrected chi connectivity index (χ2v) is 3.94. The minimum absolute atomic E-state index is 0.0800. The third-order valence-corrected chi connectivity index (χ3v) is 2.60. The Hall–Kier alpha value is -2.63. The van der Waals surface area contributed by atoms with E-state index >= 15 is 0 Å². The quantitative estimate of drug-likeness (QED) is 0.673. The number of aryl methyl sites for hydroxylation is 1. The Morgan fingerprint density at radius 3 is 2.79 bits per heavy atom. The zero-order valence-corrected chi connectivity index (χ0v) is 10.4. The van der Waals surface area contributed by atoms with E-state index < -0.39 is 4.92 Å². The monoisotopic (exact) mass is 259 g/mol. The van der Waals surface area contributed by atoms with Crippen molar-refractivity contribution in [3.8, 4) is 11.6 Å². The van der Waals surface area contributed by atoms with Crippen molar-refractivity contribution in [3.63, 3.8) is 0 Å². The first kappa shape index (κ1) is 12.8. The van der Waals surface area contributed by atoms with E-state index in [9.17, 15) is 10.1 Å². The van der Waals surface area contributed by atoms with E-state index in [4.69, 9.17) is 10.5 Å². The molecule has 0 unspecified atom stereocenters. The van der Waals surface area contributed by atoms with E-state index in [0.29, 0.717) is 5.69 Å². The first-order valence-electron chi connectivity index (χ1n) is 5.77. The zero-order chi connectivity index (χ0) is 13.8. The number of hydrogen-bond acceptors (Lipinski definition) is 5. The van der Waals surface area contributed by atoms with Crippen molar-refractivity contribution >= 4 is 11.4 Å². The van der Waals surface area contributed by atoms with Gasteiger partial charge in [0.15, 0.2) is 0 Å². The Kier molecular flexibility index (Phi) is 3.61. The molecule has 0 bridgehead atoms. The van der Waals surface area contributed by atoms with Crippen molar-refractivity contribution in [2.24, 2.45) is 0 Å². The van der Waals surface area contributed by atoms with Gasteiger partial charge in [-0.15, -0.1) is 0 Å². The number of nitro benzene ring substituents is 1. The number of benzene rings is 1. The average molecular weight is 259 g/mol. The molecule has 6 nitrogen and oxygen atoms in total. The smallest absolute Gasteiger partial charge is 0.311 e. The lowest BCUT2D eigenvalue weighted by Gasteiger charge is -2.07. The SMILES string of the molecule is CCc1ccc(Oc2cc(N)ccn2)c([N+](=O)[O-])c1. The van der Waals surface area contributed by atoms with Crippen molar-refractivity contribution in [1.82, 2.24) is 4.98 Å². The van der Waals surface area contributed by atoms with Gasteiger partial charge in [0, 0.05) is 24.0 Å². The lowest BCUT2D eigenvalue weighted by Crippen LogP contribution is -1.96. The fourth-order valence-corrected chi connectivity index (χ4v) is 1.61. The summed E-state index contributed by atoms with van der Waals surface area (Å²) in [5.41, 5.74) is 6.88. The molecule has 2 rings (SSSR count). The molecule has 0 radical (unpaired) electrons. The molecule has 1 heterocycles. The molecule has 98 valence electrons. The molecular formula is C13H13N3O3. The summed E-state index contributed by atoms with van der Waals surface area (Å²) in [6.07, 6.45) is 2.20. The summed E-state index contributed by atoms with van der Waals surface area (Å²) in [6.45, 7) is 1.93. The lowest BCUT2D eigenvalue weighted by atomic mass is 10.1. The number of nitro groups is 1. The number of pyridine rings is 1. The normalized spacial score (nSPS) is 10.2. The van der Waals surface area contributed by atoms with Gasteiger partial charge in [0.25, 0.3) is 0 Å². The number of aromatic nitrogens is 1. The van der Waals surface area contributed by atoms with Gasteiger partial charge in [0.05, 0.1) is 4.92 Å². The molecule has 0 saturated carbocycles. The third kappa shape index (κ3) is 2.98. The number of nitrogens with two attached hydrogens (primary N) is 1. The Balaban J connectivity index is 2.36. The first-order chi connectivity index (χ1) is 9.10. The summed E-state index contributed by atoms with van der Waals surface area (Å²) < 4.78 is 5.42. The van der Waals surface area contributed by atoms with Gasteiger partial charge < -0.3 is 10.5 Å². The lowest BCUT2D eigenvalue weighted by molar-refractivity contribution is -0.385. The van der Waals surface area contributed by atoms with Gasteiger partial charge in [-0.1, -0.05) is 13.0 Å². The molecule has 0 spiro atoms. The maximum absolute atomic E-state index is 11.0. The molecule has 0 aliphatic rings. The van der Waals surface area contributed by atoms with Crippen LogP contribution in [0.1, 0.15) is 12.5 Å². The van der Waals surface area contributed by atoms with Crippen molar-refractivity contribution < 1.29 is 9.66 Å². The third-order valence-electron chi connectivity index (χ3n) is 2.60. The predicted octanol–water partition coefficient (Wildman–Crippen LogP) is 2.93. The van der Waals surface area contributed by atoms with E-state index in [1.165, 1.54) is 18.3 Å². The zero-order valence-electron chi connectivity index (χ0n) is 10.4. The van der Waals surface area contributed by atoms with Crippen molar-refractivity contribution in [2.45, 2.75) is 13.3 Å². The number of hydrogen-bond donors (Lipinski definition) is 1. The van der Waals surface area contributed by atoms with Gasteiger partial charge in [0.2, 0.25) is 11.6 Å². The maximum Gasteiger partial charge on any atom is 0.311 e. The van der Waals surface area contributed by atoms with Gasteiger partial charge >= 0.3 is 5.69 Å². The maximum atomic E-state index is 11.0. The molecule has 0 aliphatic carbocycles. The summed E-state index contributed by atoms with van der Waals surface area (Å²) in [7, 11) is 0. The molecule has 0 atom stereocenters. The highest BCUT2D eigenvalue weighted by atomic mass is 16.6. The molecule has 19 heavy (non-hydrogen) atoms. The highest BCUT2D eigenvalue weighted by molar-refractivity contribution is 5.51. The molecule has 0 aliphatic heterocycles. The number of ether oxygens (including phenoxy) is 1. The van der Waals surface area contributed by atoms with Crippen LogP contribution in [0.25, 0.3) is 0 Å². The van der Waals surface area contributed by atoms with Gasteiger partial charge in [0.1, 0.15) is 0 Å². The Morgan fingerprint density at radius 1 is 1.37 bits per heavy atom. The van der Waals surface area contributed by atoms with Crippen LogP contribution < -0.4 is 10.5 Å². The minimum atomic E-state index is -0.471. The van der Waals surface area contributed by atoms with E-state index in [1.54, 1.807) is 18.2 Å². The fourth-order valence-electron chi connectivity index (χ4n) is 1.61. The van der Waals surface area contributed by atoms with Crippen LogP contribution in [0.5, 0.6) is 11.6 Å². The molecule has 6 heteroatoms. The van der Waals surface area contributed by atoms with E-state index in [2.05, 4.69) is 4.98 Å². The molecule has 2 aromatic rings. The molecule has 1 aromatic heterocycles. The Bertz CT molecular complexity index is 614. The van der Waals surface area contributed by atoms with E-state index in [0.717, 1.165) is 12.0 Å². The second kappa shape index (κ2) is 5.34. The summed E-state index contributed by atoms with van der Waals surface area (Å²) >= 11 is 0. The van der Waals surface area contributed by atoms with E-state index in [1.807, 2.05) is 6.92 Å². The average Bonchev–Trinajstić information content (AvgIpc) is 2.39. The van der Waals surface area contributed by atoms with Crippen LogP contribution in [0.2, 0.25) is 0 Å². The van der Waals surface area contributed by atoms with E-state index in [-0.39, 0.29) is 17.3 Å². The highest BCUT2D eigenvalue weighted by Gasteiger charge is 2.16. The van der Waals surface area contributed by atoms with Crippen LogP contribution in [0.4, 0.5) is 11.4 Å². The van der Waals surface area contributed by atoms with Gasteiger partial charge in [-0.25, -0.2) is 4.98 Å². The first-order valence-corrected chi connectivity index (χ1v) is 5.77. The molecule has 1 aromatic carbocycles. The predicted molar refractivity (Wildman–Crippen MR) is 71.2 cm³/mol. The summed E-state index contributed by atoms with van der Waals surface area (Å²) in [5, 5.41) is 11.0. The number of rotatable bonds is 4. The van der Waals surface area contributed by atoms with Crippen LogP contribution in [0.15, 0.2) is 36.5 Å².